The number of ether oxygens (including phenoxy) is 1. The molecule has 60 valence electrons. The molecule has 0 spiro atoms. The van der Waals surface area contributed by atoms with Gasteiger partial charge in [0.25, 0.3) is 0 Å². The van der Waals surface area contributed by atoms with Gasteiger partial charge in [-0.2, -0.15) is 0 Å². The lowest BCUT2D eigenvalue weighted by molar-refractivity contribution is 0.0526. The molecule has 0 saturated carbocycles. The van der Waals surface area contributed by atoms with Crippen molar-refractivity contribution in [1.29, 1.82) is 0 Å². The molecule has 0 amide bonds. The van der Waals surface area contributed by atoms with E-state index in [9.17, 15) is 4.79 Å². The monoisotopic (exact) mass is 191 g/mol. The van der Waals surface area contributed by atoms with Crippen LogP contribution in [-0.4, -0.2) is 17.6 Å². The molecule has 0 radical (unpaired) electrons. The molecule has 0 aliphatic carbocycles. The smallest absolute Gasteiger partial charge is 0.367 e. The maximum absolute atomic E-state index is 10.9. The molecule has 0 aliphatic heterocycles. The van der Waals surface area contributed by atoms with Crippen LogP contribution in [0.2, 0.25) is 5.15 Å². The molecule has 0 aromatic carbocycles. The molecule has 0 fully saturated rings. The summed E-state index contributed by atoms with van der Waals surface area (Å²) in [6.45, 7) is 2.10. The highest BCUT2D eigenvalue weighted by atomic mass is 35.5. The lowest BCUT2D eigenvalue weighted by Gasteiger charge is -1.94. The van der Waals surface area contributed by atoms with Crippen molar-refractivity contribution in [1.82, 2.24) is 4.98 Å². The topological polar surface area (TPSA) is 39.2 Å². The Kier molecular flexibility index (Phi) is 2.84. The van der Waals surface area contributed by atoms with Crippen molar-refractivity contribution in [3.63, 3.8) is 0 Å². The van der Waals surface area contributed by atoms with Gasteiger partial charge in [0.05, 0.1) is 6.61 Å². The largest absolute Gasteiger partial charge is 0.461 e. The molecule has 5 heteroatoms. The maximum Gasteiger partial charge on any atom is 0.367 e. The Morgan fingerprint density at radius 2 is 2.64 bits per heavy atom. The van der Waals surface area contributed by atoms with Crippen molar-refractivity contribution in [2.75, 3.05) is 6.61 Å². The van der Waals surface area contributed by atoms with E-state index in [0.29, 0.717) is 16.8 Å². The van der Waals surface area contributed by atoms with Gasteiger partial charge in [-0.25, -0.2) is 9.78 Å². The third-order valence-electron chi connectivity index (χ3n) is 0.926. The minimum atomic E-state index is -0.413. The molecule has 1 aromatic rings. The van der Waals surface area contributed by atoms with Crippen LogP contribution in [0, 0.1) is 0 Å². The lowest BCUT2D eigenvalue weighted by atomic mass is 10.7. The molecule has 3 nitrogen and oxygen atoms in total. The number of thiazole rings is 1. The first-order chi connectivity index (χ1) is 5.24. The second-order valence-electron chi connectivity index (χ2n) is 1.70. The summed E-state index contributed by atoms with van der Waals surface area (Å²) >= 11 is 6.68. The van der Waals surface area contributed by atoms with E-state index < -0.39 is 5.97 Å². The predicted molar refractivity (Wildman–Crippen MR) is 43.1 cm³/mol. The molecule has 11 heavy (non-hydrogen) atoms. The van der Waals surface area contributed by atoms with Gasteiger partial charge in [-0.1, -0.05) is 11.6 Å². The summed E-state index contributed by atoms with van der Waals surface area (Å²) in [6, 6.07) is 0. The molecule has 0 unspecified atom stereocenters. The number of carbonyl (C=O) groups excluding carboxylic acids is 1. The van der Waals surface area contributed by atoms with Crippen LogP contribution >= 0.6 is 22.9 Å². The van der Waals surface area contributed by atoms with E-state index in [1.54, 1.807) is 12.3 Å². The highest BCUT2D eigenvalue weighted by molar-refractivity contribution is 7.12. The number of hydrogen-bond acceptors (Lipinski definition) is 4. The normalized spacial score (nSPS) is 9.64. The number of carbonyl (C=O) groups is 1. The summed E-state index contributed by atoms with van der Waals surface area (Å²) in [5.41, 5.74) is 0. The number of halogens is 1. The van der Waals surface area contributed by atoms with Crippen LogP contribution in [0.3, 0.4) is 0 Å². The van der Waals surface area contributed by atoms with Gasteiger partial charge in [-0.05, 0) is 6.92 Å². The second-order valence-corrected chi connectivity index (χ2v) is 2.94. The molecular weight excluding hydrogens is 186 g/mol. The zero-order chi connectivity index (χ0) is 8.27. The van der Waals surface area contributed by atoms with Crippen LogP contribution in [0.15, 0.2) is 5.38 Å². The number of rotatable bonds is 2. The molecule has 0 aliphatic rings. The van der Waals surface area contributed by atoms with E-state index in [-0.39, 0.29) is 0 Å². The molecule has 1 rings (SSSR count). The van der Waals surface area contributed by atoms with E-state index in [1.165, 1.54) is 11.3 Å². The van der Waals surface area contributed by atoms with E-state index in [0.717, 1.165) is 0 Å². The van der Waals surface area contributed by atoms with Crippen molar-refractivity contribution < 1.29 is 9.53 Å². The third-order valence-corrected chi connectivity index (χ3v) is 2.07. The minimum absolute atomic E-state index is 0.303. The Morgan fingerprint density at radius 1 is 1.91 bits per heavy atom. The highest BCUT2D eigenvalue weighted by Crippen LogP contribution is 2.14. The Bertz CT molecular complexity index is 261. The molecule has 0 atom stereocenters. The van der Waals surface area contributed by atoms with Gasteiger partial charge in [0.15, 0.2) is 0 Å². The standard InChI is InChI=1S/C6H6ClNO2S/c1-2-10-6(9)5-8-4(7)3-11-5/h3H,2H2,1H3. The summed E-state index contributed by atoms with van der Waals surface area (Å²) < 4.78 is 4.69. The van der Waals surface area contributed by atoms with Crippen molar-refractivity contribution in [3.8, 4) is 0 Å². The summed E-state index contributed by atoms with van der Waals surface area (Å²) in [6.07, 6.45) is 0. The quantitative estimate of drug-likeness (QED) is 0.671. The van der Waals surface area contributed by atoms with Gasteiger partial charge in [-0.15, -0.1) is 11.3 Å². The van der Waals surface area contributed by atoms with Gasteiger partial charge >= 0.3 is 5.97 Å². The number of aromatic nitrogens is 1. The average Bonchev–Trinajstić information content (AvgIpc) is 2.36. The highest BCUT2D eigenvalue weighted by Gasteiger charge is 2.10. The zero-order valence-corrected chi connectivity index (χ0v) is 7.41. The van der Waals surface area contributed by atoms with Crippen LogP contribution in [-0.2, 0) is 4.74 Å². The molecule has 0 saturated heterocycles. The molecule has 0 bridgehead atoms. The summed E-state index contributed by atoms with van der Waals surface area (Å²) in [5.74, 6) is -0.413. The predicted octanol–water partition coefficient (Wildman–Crippen LogP) is 1.97. The fraction of sp³-hybridized carbons (Fsp3) is 0.333. The van der Waals surface area contributed by atoms with Crippen LogP contribution < -0.4 is 0 Å². The van der Waals surface area contributed by atoms with Crippen LogP contribution in [0.1, 0.15) is 16.7 Å². The first-order valence-corrected chi connectivity index (χ1v) is 4.28. The minimum Gasteiger partial charge on any atom is -0.461 e. The Labute approximate surface area is 73.0 Å². The zero-order valence-electron chi connectivity index (χ0n) is 5.83. The fourth-order valence-corrected chi connectivity index (χ4v) is 1.38. The summed E-state index contributed by atoms with van der Waals surface area (Å²) in [5, 5.41) is 2.23. The number of hydrogen-bond donors (Lipinski definition) is 0. The van der Waals surface area contributed by atoms with Gasteiger partial charge in [0, 0.05) is 5.38 Å². The van der Waals surface area contributed by atoms with E-state index in [1.807, 2.05) is 0 Å². The van der Waals surface area contributed by atoms with Crippen LogP contribution in [0.4, 0.5) is 0 Å². The molecule has 0 N–H and O–H groups in total. The fourth-order valence-electron chi connectivity index (χ4n) is 0.541. The van der Waals surface area contributed by atoms with E-state index in [4.69, 9.17) is 16.3 Å². The summed E-state index contributed by atoms with van der Waals surface area (Å²) in [4.78, 5) is 14.7. The van der Waals surface area contributed by atoms with Gasteiger partial charge in [0.2, 0.25) is 5.01 Å². The van der Waals surface area contributed by atoms with Crippen LogP contribution in [0.25, 0.3) is 0 Å². The van der Waals surface area contributed by atoms with Crippen molar-refractivity contribution in [3.05, 3.63) is 15.5 Å². The van der Waals surface area contributed by atoms with E-state index in [2.05, 4.69) is 4.98 Å². The van der Waals surface area contributed by atoms with Crippen molar-refractivity contribution >= 4 is 28.9 Å². The van der Waals surface area contributed by atoms with Crippen molar-refractivity contribution in [2.24, 2.45) is 0 Å². The first-order valence-electron chi connectivity index (χ1n) is 3.02. The molecular formula is C6H6ClNO2S. The molecule has 1 aromatic heterocycles. The third kappa shape index (κ3) is 2.17. The van der Waals surface area contributed by atoms with Crippen LogP contribution in [0.5, 0.6) is 0 Å². The van der Waals surface area contributed by atoms with Crippen molar-refractivity contribution in [2.45, 2.75) is 6.92 Å². The summed E-state index contributed by atoms with van der Waals surface area (Å²) in [7, 11) is 0. The van der Waals surface area contributed by atoms with Gasteiger partial charge in [-0.3, -0.25) is 0 Å². The Balaban J connectivity index is 2.69. The molecule has 1 heterocycles. The Hall–Kier alpha value is -0.610. The average molecular weight is 192 g/mol. The first kappa shape index (κ1) is 8.49. The SMILES string of the molecule is CCOC(=O)c1nc(Cl)cs1. The number of esters is 1. The van der Waals surface area contributed by atoms with E-state index >= 15 is 0 Å². The maximum atomic E-state index is 10.9. The number of nitrogens with zero attached hydrogens (tertiary/aromatic N) is 1. The van der Waals surface area contributed by atoms with Gasteiger partial charge < -0.3 is 4.74 Å². The lowest BCUT2D eigenvalue weighted by Crippen LogP contribution is -2.03. The second kappa shape index (κ2) is 3.69. The van der Waals surface area contributed by atoms with Gasteiger partial charge in [0.1, 0.15) is 5.15 Å². The Morgan fingerprint density at radius 3 is 3.09 bits per heavy atom.